The van der Waals surface area contributed by atoms with E-state index in [9.17, 15) is 0 Å². The van der Waals surface area contributed by atoms with Crippen LogP contribution in [0.25, 0.3) is 0 Å². The largest absolute Gasteiger partial charge is 0.497 e. The first-order valence-electron chi connectivity index (χ1n) is 6.66. The molecule has 0 aliphatic rings. The van der Waals surface area contributed by atoms with Gasteiger partial charge in [-0.15, -0.1) is 0 Å². The second-order valence-electron chi connectivity index (χ2n) is 5.14. The molecule has 0 radical (unpaired) electrons. The van der Waals surface area contributed by atoms with E-state index >= 15 is 0 Å². The second-order valence-corrected chi connectivity index (χ2v) is 5.14. The van der Waals surface area contributed by atoms with Crippen LogP contribution in [0.3, 0.4) is 0 Å². The van der Waals surface area contributed by atoms with E-state index in [1.807, 2.05) is 12.1 Å². The normalized spacial score (nSPS) is 11.6. The number of rotatable bonds is 8. The minimum Gasteiger partial charge on any atom is -0.497 e. The van der Waals surface area contributed by atoms with Gasteiger partial charge in [0.15, 0.2) is 0 Å². The van der Waals surface area contributed by atoms with Crippen LogP contribution >= 0.6 is 0 Å². The zero-order valence-electron chi connectivity index (χ0n) is 12.0. The van der Waals surface area contributed by atoms with E-state index in [4.69, 9.17) is 4.74 Å². The van der Waals surface area contributed by atoms with Gasteiger partial charge in [0, 0.05) is 25.0 Å². The van der Waals surface area contributed by atoms with Gasteiger partial charge in [-0.25, -0.2) is 0 Å². The fourth-order valence-corrected chi connectivity index (χ4v) is 1.90. The highest BCUT2D eigenvalue weighted by Gasteiger charge is 2.19. The summed E-state index contributed by atoms with van der Waals surface area (Å²) in [6.07, 6.45) is 0. The molecule has 0 amide bonds. The Bertz CT molecular complexity index is 333. The molecule has 0 atom stereocenters. The lowest BCUT2D eigenvalue weighted by molar-refractivity contribution is 0.413. The zero-order valence-corrected chi connectivity index (χ0v) is 12.0. The average molecular weight is 250 g/mol. The van der Waals surface area contributed by atoms with Gasteiger partial charge < -0.3 is 15.4 Å². The van der Waals surface area contributed by atoms with E-state index < -0.39 is 0 Å². The van der Waals surface area contributed by atoms with E-state index in [2.05, 4.69) is 43.5 Å². The molecule has 0 fully saturated rings. The van der Waals surface area contributed by atoms with Crippen molar-refractivity contribution in [3.8, 4) is 5.75 Å². The molecule has 3 heteroatoms. The molecule has 3 nitrogen and oxygen atoms in total. The number of benzene rings is 1. The number of nitrogens with one attached hydrogen (secondary N) is 2. The predicted octanol–water partition coefficient (Wildman–Crippen LogP) is 2.17. The van der Waals surface area contributed by atoms with Crippen molar-refractivity contribution in [1.82, 2.24) is 10.6 Å². The van der Waals surface area contributed by atoms with Crippen LogP contribution in [0.2, 0.25) is 0 Å². The molecular weight excluding hydrogens is 224 g/mol. The van der Waals surface area contributed by atoms with Crippen molar-refractivity contribution in [1.29, 1.82) is 0 Å². The van der Waals surface area contributed by atoms with E-state index in [0.717, 1.165) is 31.9 Å². The highest BCUT2D eigenvalue weighted by Crippen LogP contribution is 2.24. The highest BCUT2D eigenvalue weighted by atomic mass is 16.5. The maximum Gasteiger partial charge on any atom is 0.118 e. The summed E-state index contributed by atoms with van der Waals surface area (Å²) >= 11 is 0. The molecule has 1 rings (SSSR count). The Hall–Kier alpha value is -1.06. The molecule has 1 aromatic rings. The lowest BCUT2D eigenvalue weighted by atomic mass is 9.84. The van der Waals surface area contributed by atoms with Crippen molar-refractivity contribution >= 4 is 0 Å². The van der Waals surface area contributed by atoms with Gasteiger partial charge in [0.05, 0.1) is 7.11 Å². The Morgan fingerprint density at radius 1 is 1.06 bits per heavy atom. The van der Waals surface area contributed by atoms with Gasteiger partial charge in [0.2, 0.25) is 0 Å². The Labute approximate surface area is 111 Å². The van der Waals surface area contributed by atoms with Gasteiger partial charge in [-0.2, -0.15) is 0 Å². The van der Waals surface area contributed by atoms with Gasteiger partial charge in [0.1, 0.15) is 5.75 Å². The summed E-state index contributed by atoms with van der Waals surface area (Å²) < 4.78 is 5.18. The third-order valence-electron chi connectivity index (χ3n) is 3.17. The molecule has 102 valence electrons. The van der Waals surface area contributed by atoms with Gasteiger partial charge in [-0.05, 0) is 24.2 Å². The molecule has 2 N–H and O–H groups in total. The molecule has 0 aliphatic heterocycles. The Morgan fingerprint density at radius 2 is 1.67 bits per heavy atom. The highest BCUT2D eigenvalue weighted by molar-refractivity contribution is 5.31. The third kappa shape index (κ3) is 4.67. The Balaban J connectivity index is 2.45. The number of ether oxygens (including phenoxy) is 1. The lowest BCUT2D eigenvalue weighted by Crippen LogP contribution is -2.36. The lowest BCUT2D eigenvalue weighted by Gasteiger charge is -2.26. The zero-order chi connectivity index (χ0) is 13.4. The van der Waals surface area contributed by atoms with Gasteiger partial charge >= 0.3 is 0 Å². The Morgan fingerprint density at radius 3 is 2.22 bits per heavy atom. The summed E-state index contributed by atoms with van der Waals surface area (Å²) in [5, 5.41) is 6.80. The van der Waals surface area contributed by atoms with Crippen LogP contribution in [0.4, 0.5) is 0 Å². The molecule has 0 heterocycles. The van der Waals surface area contributed by atoms with E-state index in [-0.39, 0.29) is 5.41 Å². The smallest absolute Gasteiger partial charge is 0.118 e. The number of hydrogen-bond acceptors (Lipinski definition) is 3. The molecule has 0 spiro atoms. The summed E-state index contributed by atoms with van der Waals surface area (Å²) in [6, 6.07) is 8.33. The van der Waals surface area contributed by atoms with Crippen LogP contribution in [-0.4, -0.2) is 33.3 Å². The summed E-state index contributed by atoms with van der Waals surface area (Å²) in [5.41, 5.74) is 1.47. The van der Waals surface area contributed by atoms with Crippen molar-refractivity contribution in [2.24, 2.45) is 0 Å². The maximum atomic E-state index is 5.18. The monoisotopic (exact) mass is 250 g/mol. The number of methoxy groups -OCH3 is 1. The predicted molar refractivity (Wildman–Crippen MR) is 77.4 cm³/mol. The Kier molecular flexibility index (Phi) is 6.16. The van der Waals surface area contributed by atoms with Crippen LogP contribution < -0.4 is 15.4 Å². The molecule has 1 aromatic carbocycles. The van der Waals surface area contributed by atoms with Crippen molar-refractivity contribution < 1.29 is 4.74 Å². The third-order valence-corrected chi connectivity index (χ3v) is 3.17. The van der Waals surface area contributed by atoms with Crippen molar-refractivity contribution in [3.05, 3.63) is 29.8 Å². The summed E-state index contributed by atoms with van der Waals surface area (Å²) in [5.74, 6) is 0.912. The molecule has 0 bridgehead atoms. The minimum absolute atomic E-state index is 0.137. The van der Waals surface area contributed by atoms with Gasteiger partial charge in [0.25, 0.3) is 0 Å². The van der Waals surface area contributed by atoms with Crippen LogP contribution in [0.5, 0.6) is 5.75 Å². The topological polar surface area (TPSA) is 33.3 Å². The van der Waals surface area contributed by atoms with Gasteiger partial charge in [-0.1, -0.05) is 32.9 Å². The summed E-state index contributed by atoms with van der Waals surface area (Å²) in [4.78, 5) is 0. The molecule has 0 saturated heterocycles. The molecule has 0 saturated carbocycles. The molecule has 0 aromatic heterocycles. The van der Waals surface area contributed by atoms with Crippen molar-refractivity contribution in [2.75, 3.05) is 33.3 Å². The molecule has 18 heavy (non-hydrogen) atoms. The van der Waals surface area contributed by atoms with E-state index in [1.165, 1.54) is 5.56 Å². The van der Waals surface area contributed by atoms with Crippen LogP contribution in [0, 0.1) is 0 Å². The van der Waals surface area contributed by atoms with E-state index in [1.54, 1.807) is 7.11 Å². The van der Waals surface area contributed by atoms with E-state index in [0.29, 0.717) is 0 Å². The SMILES string of the molecule is CCNCCNCC(C)(C)c1ccc(OC)cc1. The average Bonchev–Trinajstić information content (AvgIpc) is 2.38. The van der Waals surface area contributed by atoms with Crippen molar-refractivity contribution in [3.63, 3.8) is 0 Å². The molecular formula is C15H26N2O. The minimum atomic E-state index is 0.137. The molecule has 0 unspecified atom stereocenters. The maximum absolute atomic E-state index is 5.18. The first-order valence-corrected chi connectivity index (χ1v) is 6.66. The molecule has 0 aliphatic carbocycles. The van der Waals surface area contributed by atoms with Crippen molar-refractivity contribution in [2.45, 2.75) is 26.2 Å². The van der Waals surface area contributed by atoms with Gasteiger partial charge in [-0.3, -0.25) is 0 Å². The van der Waals surface area contributed by atoms with Crippen LogP contribution in [0.1, 0.15) is 26.3 Å². The summed E-state index contributed by atoms with van der Waals surface area (Å²) in [7, 11) is 1.70. The fraction of sp³-hybridized carbons (Fsp3) is 0.600. The first kappa shape index (κ1) is 15.0. The quantitative estimate of drug-likeness (QED) is 0.694. The number of hydrogen-bond donors (Lipinski definition) is 2. The summed E-state index contributed by atoms with van der Waals surface area (Å²) in [6.45, 7) is 10.7. The fourth-order valence-electron chi connectivity index (χ4n) is 1.90. The standard InChI is InChI=1S/C15H26N2O/c1-5-16-10-11-17-12-15(2,3)13-6-8-14(18-4)9-7-13/h6-9,16-17H,5,10-12H2,1-4H3. The van der Waals surface area contributed by atoms with Crippen LogP contribution in [-0.2, 0) is 5.41 Å². The second kappa shape index (κ2) is 7.39. The first-order chi connectivity index (χ1) is 8.60. The van der Waals surface area contributed by atoms with Crippen LogP contribution in [0.15, 0.2) is 24.3 Å². The number of likely N-dealkylation sites (N-methyl/N-ethyl adjacent to an activating group) is 1.